The number of halogens is 1. The second-order valence-electron chi connectivity index (χ2n) is 3.93. The van der Waals surface area contributed by atoms with E-state index in [2.05, 4.69) is 0 Å². The summed E-state index contributed by atoms with van der Waals surface area (Å²) >= 11 is 3.00. The van der Waals surface area contributed by atoms with Gasteiger partial charge < -0.3 is 4.74 Å². The first kappa shape index (κ1) is 12.3. The Labute approximate surface area is 117 Å². The van der Waals surface area contributed by atoms with Crippen LogP contribution in [0.1, 0.15) is 15.2 Å². The SMILES string of the molecule is COc1ccc(F)cc1C(=O)c1cc2sccc2s1. The molecular formula is C14H9FO2S2. The molecule has 1 aromatic carbocycles. The third kappa shape index (κ3) is 2.15. The van der Waals surface area contributed by atoms with Gasteiger partial charge in [0, 0.05) is 9.40 Å². The molecule has 3 aromatic rings. The van der Waals surface area contributed by atoms with Gasteiger partial charge in [-0.05, 0) is 35.7 Å². The van der Waals surface area contributed by atoms with Crippen molar-refractivity contribution in [2.24, 2.45) is 0 Å². The van der Waals surface area contributed by atoms with Crippen LogP contribution in [-0.2, 0) is 0 Å². The number of fused-ring (bicyclic) bond motifs is 1. The molecule has 5 heteroatoms. The molecule has 0 saturated heterocycles. The first-order chi connectivity index (χ1) is 9.19. The fourth-order valence-corrected chi connectivity index (χ4v) is 3.93. The molecule has 3 rings (SSSR count). The van der Waals surface area contributed by atoms with Crippen molar-refractivity contribution in [3.8, 4) is 5.75 Å². The standard InChI is InChI=1S/C14H9FO2S2/c1-17-10-3-2-8(15)6-9(10)14(16)13-7-12-11(19-13)4-5-18-12/h2-7H,1H3. The maximum Gasteiger partial charge on any atom is 0.206 e. The summed E-state index contributed by atoms with van der Waals surface area (Å²) in [6, 6.07) is 7.79. The number of rotatable bonds is 3. The van der Waals surface area contributed by atoms with Crippen LogP contribution in [0.3, 0.4) is 0 Å². The highest BCUT2D eigenvalue weighted by Crippen LogP contribution is 2.33. The third-order valence-electron chi connectivity index (χ3n) is 2.77. The maximum absolute atomic E-state index is 13.3. The van der Waals surface area contributed by atoms with E-state index in [0.29, 0.717) is 10.6 Å². The molecule has 2 nitrogen and oxygen atoms in total. The van der Waals surface area contributed by atoms with Crippen molar-refractivity contribution in [2.45, 2.75) is 0 Å². The average molecular weight is 292 g/mol. The number of benzene rings is 1. The molecule has 0 aliphatic heterocycles. The Morgan fingerprint density at radius 1 is 1.21 bits per heavy atom. The van der Waals surface area contributed by atoms with Crippen LogP contribution in [0.25, 0.3) is 9.40 Å². The van der Waals surface area contributed by atoms with Gasteiger partial charge in [0.1, 0.15) is 11.6 Å². The molecule has 0 fully saturated rings. The fourth-order valence-electron chi connectivity index (χ4n) is 1.87. The smallest absolute Gasteiger partial charge is 0.206 e. The summed E-state index contributed by atoms with van der Waals surface area (Å²) in [7, 11) is 1.47. The predicted molar refractivity (Wildman–Crippen MR) is 76.1 cm³/mol. The summed E-state index contributed by atoms with van der Waals surface area (Å²) in [5, 5.41) is 1.98. The third-order valence-corrected chi connectivity index (χ3v) is 4.86. The highest BCUT2D eigenvalue weighted by atomic mass is 32.1. The van der Waals surface area contributed by atoms with E-state index in [1.54, 1.807) is 11.3 Å². The van der Waals surface area contributed by atoms with Gasteiger partial charge in [-0.2, -0.15) is 0 Å². The van der Waals surface area contributed by atoms with Crippen molar-refractivity contribution in [2.75, 3.05) is 7.11 Å². The predicted octanol–water partition coefficient (Wildman–Crippen LogP) is 4.34. The van der Waals surface area contributed by atoms with Gasteiger partial charge in [0.25, 0.3) is 0 Å². The van der Waals surface area contributed by atoms with E-state index in [0.717, 1.165) is 9.40 Å². The Morgan fingerprint density at radius 2 is 2.05 bits per heavy atom. The summed E-state index contributed by atoms with van der Waals surface area (Å²) < 4.78 is 20.6. The normalized spacial score (nSPS) is 10.8. The highest BCUT2D eigenvalue weighted by Gasteiger charge is 2.18. The molecule has 0 bridgehead atoms. The van der Waals surface area contributed by atoms with E-state index < -0.39 is 5.82 Å². The average Bonchev–Trinajstić information content (AvgIpc) is 2.98. The topological polar surface area (TPSA) is 26.3 Å². The molecule has 0 aliphatic carbocycles. The van der Waals surface area contributed by atoms with Crippen LogP contribution in [0.5, 0.6) is 5.75 Å². The van der Waals surface area contributed by atoms with Crippen LogP contribution < -0.4 is 4.74 Å². The lowest BCUT2D eigenvalue weighted by atomic mass is 10.1. The van der Waals surface area contributed by atoms with Crippen molar-refractivity contribution >= 4 is 37.9 Å². The molecule has 19 heavy (non-hydrogen) atoms. The second kappa shape index (κ2) is 4.75. The minimum absolute atomic E-state index is 0.204. The lowest BCUT2D eigenvalue weighted by Crippen LogP contribution is -2.02. The van der Waals surface area contributed by atoms with Gasteiger partial charge in [0.15, 0.2) is 0 Å². The van der Waals surface area contributed by atoms with E-state index in [9.17, 15) is 9.18 Å². The zero-order chi connectivity index (χ0) is 13.4. The Kier molecular flexibility index (Phi) is 3.08. The van der Waals surface area contributed by atoms with Crippen LogP contribution in [0.15, 0.2) is 35.7 Å². The van der Waals surface area contributed by atoms with Crippen molar-refractivity contribution < 1.29 is 13.9 Å². The van der Waals surface area contributed by atoms with Crippen LogP contribution >= 0.6 is 22.7 Å². The molecule has 0 unspecified atom stereocenters. The monoisotopic (exact) mass is 292 g/mol. The van der Waals surface area contributed by atoms with Gasteiger partial charge in [0.2, 0.25) is 5.78 Å². The molecular weight excluding hydrogens is 283 g/mol. The molecule has 0 N–H and O–H groups in total. The first-order valence-electron chi connectivity index (χ1n) is 5.54. The lowest BCUT2D eigenvalue weighted by molar-refractivity contribution is 0.103. The number of hydrogen-bond donors (Lipinski definition) is 0. The van der Waals surface area contributed by atoms with Crippen LogP contribution in [-0.4, -0.2) is 12.9 Å². The molecule has 2 aromatic heterocycles. The Balaban J connectivity index is 2.08. The van der Waals surface area contributed by atoms with E-state index in [1.807, 2.05) is 17.5 Å². The molecule has 2 heterocycles. The van der Waals surface area contributed by atoms with Crippen LogP contribution in [0.2, 0.25) is 0 Å². The summed E-state index contributed by atoms with van der Waals surface area (Å²) in [4.78, 5) is 13.0. The summed E-state index contributed by atoms with van der Waals surface area (Å²) in [5.41, 5.74) is 0.261. The van der Waals surface area contributed by atoms with Crippen molar-refractivity contribution in [3.05, 3.63) is 52.0 Å². The molecule has 0 spiro atoms. The summed E-state index contributed by atoms with van der Waals surface area (Å²) in [6.45, 7) is 0. The largest absolute Gasteiger partial charge is 0.496 e. The lowest BCUT2D eigenvalue weighted by Gasteiger charge is -2.06. The molecule has 0 saturated carbocycles. The maximum atomic E-state index is 13.3. The van der Waals surface area contributed by atoms with Gasteiger partial charge in [-0.15, -0.1) is 22.7 Å². The number of carbonyl (C=O) groups is 1. The number of ether oxygens (including phenoxy) is 1. The minimum atomic E-state index is -0.442. The van der Waals surface area contributed by atoms with Gasteiger partial charge in [-0.1, -0.05) is 0 Å². The molecule has 0 radical (unpaired) electrons. The van der Waals surface area contributed by atoms with E-state index in [1.165, 1.54) is 36.6 Å². The first-order valence-corrected chi connectivity index (χ1v) is 7.24. The van der Waals surface area contributed by atoms with Gasteiger partial charge >= 0.3 is 0 Å². The Hall–Kier alpha value is -1.72. The quantitative estimate of drug-likeness (QED) is 0.671. The van der Waals surface area contributed by atoms with Crippen molar-refractivity contribution in [3.63, 3.8) is 0 Å². The second-order valence-corrected chi connectivity index (χ2v) is 5.96. The highest BCUT2D eigenvalue weighted by molar-refractivity contribution is 7.28. The Morgan fingerprint density at radius 3 is 2.79 bits per heavy atom. The fraction of sp³-hybridized carbons (Fsp3) is 0.0714. The molecule has 0 aliphatic rings. The summed E-state index contributed by atoms with van der Waals surface area (Å²) in [5.74, 6) is -0.254. The molecule has 0 amide bonds. The van der Waals surface area contributed by atoms with Crippen LogP contribution in [0.4, 0.5) is 4.39 Å². The van der Waals surface area contributed by atoms with Crippen molar-refractivity contribution in [1.82, 2.24) is 0 Å². The van der Waals surface area contributed by atoms with Crippen molar-refractivity contribution in [1.29, 1.82) is 0 Å². The number of thiophene rings is 2. The van der Waals surface area contributed by atoms with E-state index >= 15 is 0 Å². The molecule has 96 valence electrons. The van der Waals surface area contributed by atoms with Gasteiger partial charge in [0.05, 0.1) is 17.6 Å². The molecule has 0 atom stereocenters. The van der Waals surface area contributed by atoms with E-state index in [-0.39, 0.29) is 11.3 Å². The van der Waals surface area contributed by atoms with Gasteiger partial charge in [-0.3, -0.25) is 4.79 Å². The summed E-state index contributed by atoms with van der Waals surface area (Å²) in [6.07, 6.45) is 0. The van der Waals surface area contributed by atoms with E-state index in [4.69, 9.17) is 4.74 Å². The zero-order valence-corrected chi connectivity index (χ0v) is 11.6. The number of ketones is 1. The number of hydrogen-bond acceptors (Lipinski definition) is 4. The minimum Gasteiger partial charge on any atom is -0.496 e. The number of carbonyl (C=O) groups excluding carboxylic acids is 1. The van der Waals surface area contributed by atoms with Crippen LogP contribution in [0, 0.1) is 5.82 Å². The Bertz CT molecular complexity index is 729. The number of methoxy groups -OCH3 is 1. The van der Waals surface area contributed by atoms with Gasteiger partial charge in [-0.25, -0.2) is 4.39 Å². The zero-order valence-electron chi connectivity index (χ0n) is 9.98.